The van der Waals surface area contributed by atoms with Crippen molar-refractivity contribution >= 4 is 11.8 Å². The zero-order valence-corrected chi connectivity index (χ0v) is 11.4. The van der Waals surface area contributed by atoms with Crippen LogP contribution in [0, 0.1) is 17.1 Å². The highest BCUT2D eigenvalue weighted by atomic mass is 32.2. The monoisotopic (exact) mass is 293 g/mol. The average Bonchev–Trinajstić information content (AvgIpc) is 2.91. The second-order valence-corrected chi connectivity index (χ2v) is 4.86. The van der Waals surface area contributed by atoms with Crippen molar-refractivity contribution in [3.8, 4) is 11.8 Å². The molecule has 0 aliphatic carbocycles. The molecule has 0 saturated carbocycles. The van der Waals surface area contributed by atoms with Crippen molar-refractivity contribution in [3.63, 3.8) is 0 Å². The molecule has 1 aromatic heterocycles. The molecule has 0 unspecified atom stereocenters. The number of thioether (sulfide) groups is 1. The van der Waals surface area contributed by atoms with Gasteiger partial charge in [0.2, 0.25) is 0 Å². The summed E-state index contributed by atoms with van der Waals surface area (Å²) >= 11 is 1.41. The maximum absolute atomic E-state index is 12.7. The number of hydrogen-bond acceptors (Lipinski definition) is 6. The number of rotatable bonds is 7. The lowest BCUT2D eigenvalue weighted by Crippen LogP contribution is -1.95. The van der Waals surface area contributed by atoms with Crippen LogP contribution in [0.1, 0.15) is 18.7 Å². The number of ether oxygens (including phenoxy) is 1. The van der Waals surface area contributed by atoms with Gasteiger partial charge in [-0.3, -0.25) is 0 Å². The van der Waals surface area contributed by atoms with Gasteiger partial charge < -0.3 is 9.15 Å². The zero-order valence-electron chi connectivity index (χ0n) is 10.6. The van der Waals surface area contributed by atoms with Crippen LogP contribution in [0.15, 0.2) is 33.9 Å². The Morgan fingerprint density at radius 1 is 1.30 bits per heavy atom. The van der Waals surface area contributed by atoms with Crippen LogP contribution in [0.25, 0.3) is 0 Å². The maximum Gasteiger partial charge on any atom is 0.276 e. The van der Waals surface area contributed by atoms with Gasteiger partial charge in [-0.2, -0.15) is 5.26 Å². The van der Waals surface area contributed by atoms with E-state index in [1.807, 2.05) is 0 Å². The molecule has 0 bridgehead atoms. The quantitative estimate of drug-likeness (QED) is 0.576. The predicted octanol–water partition coefficient (Wildman–Crippen LogP) is 3.18. The Balaban J connectivity index is 1.78. The van der Waals surface area contributed by atoms with Crippen LogP contribution >= 0.6 is 11.8 Å². The van der Waals surface area contributed by atoms with E-state index >= 15 is 0 Å². The number of benzene rings is 1. The third-order valence-electron chi connectivity index (χ3n) is 2.28. The van der Waals surface area contributed by atoms with Crippen molar-refractivity contribution in [3.05, 3.63) is 36.0 Å². The fourth-order valence-electron chi connectivity index (χ4n) is 1.34. The summed E-state index contributed by atoms with van der Waals surface area (Å²) in [5, 5.41) is 16.6. The Hall–Kier alpha value is -2.07. The summed E-state index contributed by atoms with van der Waals surface area (Å²) in [6.45, 7) is 0.136. The normalized spacial score (nSPS) is 10.2. The van der Waals surface area contributed by atoms with Crippen molar-refractivity contribution in [2.75, 3.05) is 5.75 Å². The van der Waals surface area contributed by atoms with Crippen LogP contribution < -0.4 is 4.74 Å². The van der Waals surface area contributed by atoms with Crippen molar-refractivity contribution in [1.29, 1.82) is 5.26 Å². The van der Waals surface area contributed by atoms with Crippen LogP contribution in [0.4, 0.5) is 4.39 Å². The molecule has 0 radical (unpaired) electrons. The van der Waals surface area contributed by atoms with E-state index in [9.17, 15) is 4.39 Å². The van der Waals surface area contributed by atoms with E-state index < -0.39 is 0 Å². The largest absolute Gasteiger partial charge is 0.484 e. The lowest BCUT2D eigenvalue weighted by atomic mass is 10.3. The molecule has 1 heterocycles. The van der Waals surface area contributed by atoms with E-state index in [2.05, 4.69) is 16.3 Å². The minimum Gasteiger partial charge on any atom is -0.484 e. The number of nitrogens with zero attached hydrogens (tertiary/aromatic N) is 3. The standard InChI is InChI=1S/C13H12FN3O2S/c14-10-3-5-11(6-4-10)18-9-12-16-17-13(19-12)20-8-2-1-7-15/h3-6H,1-2,8-9H2. The van der Waals surface area contributed by atoms with Gasteiger partial charge in [-0.25, -0.2) is 4.39 Å². The van der Waals surface area contributed by atoms with E-state index in [0.717, 1.165) is 12.2 Å². The van der Waals surface area contributed by atoms with Crippen LogP contribution in [0.2, 0.25) is 0 Å². The van der Waals surface area contributed by atoms with Crippen molar-refractivity contribution in [2.45, 2.75) is 24.7 Å². The molecule has 0 spiro atoms. The third kappa shape index (κ3) is 4.55. The van der Waals surface area contributed by atoms with Crippen LogP contribution in [0.5, 0.6) is 5.75 Å². The van der Waals surface area contributed by atoms with Gasteiger partial charge in [-0.1, -0.05) is 11.8 Å². The molecule has 2 aromatic rings. The van der Waals surface area contributed by atoms with Crippen molar-refractivity contribution in [2.24, 2.45) is 0 Å². The van der Waals surface area contributed by atoms with Crippen molar-refractivity contribution in [1.82, 2.24) is 10.2 Å². The number of nitriles is 1. The number of halogens is 1. The van der Waals surface area contributed by atoms with Crippen LogP contribution in [-0.4, -0.2) is 16.0 Å². The molecule has 0 atom stereocenters. The van der Waals surface area contributed by atoms with Gasteiger partial charge in [-0.15, -0.1) is 10.2 Å². The highest BCUT2D eigenvalue weighted by Crippen LogP contribution is 2.18. The molecule has 0 fully saturated rings. The second-order valence-electron chi connectivity index (χ2n) is 3.81. The molecule has 0 aliphatic heterocycles. The molecule has 0 amide bonds. The van der Waals surface area contributed by atoms with Gasteiger partial charge in [0.25, 0.3) is 11.1 Å². The van der Waals surface area contributed by atoms with Crippen molar-refractivity contribution < 1.29 is 13.5 Å². The molecular weight excluding hydrogens is 281 g/mol. The highest BCUT2D eigenvalue weighted by Gasteiger charge is 2.07. The minimum absolute atomic E-state index is 0.136. The van der Waals surface area contributed by atoms with E-state index in [0.29, 0.717) is 23.3 Å². The molecule has 1 aromatic carbocycles. The smallest absolute Gasteiger partial charge is 0.276 e. The molecule has 104 valence electrons. The molecule has 7 heteroatoms. The van der Waals surface area contributed by atoms with E-state index in [-0.39, 0.29) is 12.4 Å². The van der Waals surface area contributed by atoms with Gasteiger partial charge in [0.15, 0.2) is 6.61 Å². The first kappa shape index (κ1) is 14.3. The molecule has 0 N–H and O–H groups in total. The maximum atomic E-state index is 12.7. The van der Waals surface area contributed by atoms with Gasteiger partial charge in [0, 0.05) is 12.2 Å². The Kier molecular flexibility index (Phi) is 5.38. The molecule has 0 saturated heterocycles. The Morgan fingerprint density at radius 3 is 2.85 bits per heavy atom. The summed E-state index contributed by atoms with van der Waals surface area (Å²) in [6, 6.07) is 7.78. The lowest BCUT2D eigenvalue weighted by molar-refractivity contribution is 0.252. The third-order valence-corrected chi connectivity index (χ3v) is 3.19. The fraction of sp³-hybridized carbons (Fsp3) is 0.308. The number of unbranched alkanes of at least 4 members (excludes halogenated alkanes) is 1. The average molecular weight is 293 g/mol. The number of aromatic nitrogens is 2. The van der Waals surface area contributed by atoms with E-state index in [1.54, 1.807) is 0 Å². The topological polar surface area (TPSA) is 71.9 Å². The summed E-state index contributed by atoms with van der Waals surface area (Å²) in [4.78, 5) is 0. The first-order chi connectivity index (χ1) is 9.78. The summed E-state index contributed by atoms with van der Waals surface area (Å²) in [6.07, 6.45) is 1.30. The molecule has 2 rings (SSSR count). The highest BCUT2D eigenvalue weighted by molar-refractivity contribution is 7.99. The van der Waals surface area contributed by atoms with Gasteiger partial charge in [0.05, 0.1) is 6.07 Å². The van der Waals surface area contributed by atoms with Gasteiger partial charge >= 0.3 is 0 Å². The number of hydrogen-bond donors (Lipinski definition) is 0. The Bertz CT molecular complexity index is 580. The summed E-state index contributed by atoms with van der Waals surface area (Å²) in [5.41, 5.74) is 0. The second kappa shape index (κ2) is 7.50. The van der Waals surface area contributed by atoms with E-state index in [4.69, 9.17) is 14.4 Å². The molecule has 20 heavy (non-hydrogen) atoms. The van der Waals surface area contributed by atoms with Gasteiger partial charge in [-0.05, 0) is 30.7 Å². The molecule has 5 nitrogen and oxygen atoms in total. The Morgan fingerprint density at radius 2 is 2.10 bits per heavy atom. The SMILES string of the molecule is N#CCCCSc1nnc(COc2ccc(F)cc2)o1. The summed E-state index contributed by atoms with van der Waals surface area (Å²) < 4.78 is 23.5. The zero-order chi connectivity index (χ0) is 14.2. The first-order valence-electron chi connectivity index (χ1n) is 5.98. The predicted molar refractivity (Wildman–Crippen MR) is 70.6 cm³/mol. The van der Waals surface area contributed by atoms with E-state index in [1.165, 1.54) is 36.0 Å². The van der Waals surface area contributed by atoms with Crippen LogP contribution in [-0.2, 0) is 6.61 Å². The first-order valence-corrected chi connectivity index (χ1v) is 6.97. The Labute approximate surface area is 119 Å². The summed E-state index contributed by atoms with van der Waals surface area (Å²) in [7, 11) is 0. The minimum atomic E-state index is -0.314. The molecule has 0 aliphatic rings. The fourth-order valence-corrected chi connectivity index (χ4v) is 2.06. The lowest BCUT2D eigenvalue weighted by Gasteiger charge is -2.02. The van der Waals surface area contributed by atoms with Gasteiger partial charge in [0.1, 0.15) is 11.6 Å². The molecular formula is C13H12FN3O2S. The van der Waals surface area contributed by atoms with Crippen LogP contribution in [0.3, 0.4) is 0 Å². The summed E-state index contributed by atoms with van der Waals surface area (Å²) in [5.74, 6) is 1.34.